The van der Waals surface area contributed by atoms with Crippen molar-refractivity contribution in [2.75, 3.05) is 20.0 Å². The lowest BCUT2D eigenvalue weighted by Gasteiger charge is -2.09. The number of thioether (sulfide) groups is 1. The maximum Gasteiger partial charge on any atom is 0.185 e. The molecule has 1 rings (SSSR count). The molecule has 1 aromatic carbocycles. The van der Waals surface area contributed by atoms with Crippen molar-refractivity contribution in [1.82, 2.24) is 0 Å². The van der Waals surface area contributed by atoms with Crippen LogP contribution in [0.2, 0.25) is 0 Å². The monoisotopic (exact) mass is 266 g/mol. The predicted molar refractivity (Wildman–Crippen MR) is 76.3 cm³/mol. The van der Waals surface area contributed by atoms with Gasteiger partial charge >= 0.3 is 0 Å². The van der Waals surface area contributed by atoms with Gasteiger partial charge in [0.1, 0.15) is 11.5 Å². The summed E-state index contributed by atoms with van der Waals surface area (Å²) in [6, 6.07) is 5.68. The van der Waals surface area contributed by atoms with Crippen LogP contribution in [-0.2, 0) is 4.79 Å². The van der Waals surface area contributed by atoms with E-state index in [4.69, 9.17) is 9.47 Å². The Morgan fingerprint density at radius 2 is 1.89 bits per heavy atom. The summed E-state index contributed by atoms with van der Waals surface area (Å²) < 4.78 is 10.6. The van der Waals surface area contributed by atoms with E-state index in [9.17, 15) is 4.79 Å². The summed E-state index contributed by atoms with van der Waals surface area (Å²) in [6.45, 7) is 1.58. The first-order valence-corrected chi connectivity index (χ1v) is 6.68. The van der Waals surface area contributed by atoms with Crippen LogP contribution >= 0.6 is 11.8 Å². The molecule has 0 amide bonds. The molecule has 0 saturated carbocycles. The molecule has 0 N–H and O–H groups in total. The molecule has 0 fully saturated rings. The van der Waals surface area contributed by atoms with Crippen molar-refractivity contribution in [2.24, 2.45) is 0 Å². The number of allylic oxidation sites excluding steroid dienone is 1. The summed E-state index contributed by atoms with van der Waals surface area (Å²) in [5.41, 5.74) is 0.926. The molecule has 0 aromatic heterocycles. The van der Waals surface area contributed by atoms with Crippen molar-refractivity contribution < 1.29 is 14.3 Å². The van der Waals surface area contributed by atoms with E-state index >= 15 is 0 Å². The minimum Gasteiger partial charge on any atom is -0.496 e. The first-order chi connectivity index (χ1) is 8.69. The lowest BCUT2D eigenvalue weighted by Crippen LogP contribution is -1.92. The minimum absolute atomic E-state index is 0.151. The molecule has 0 aliphatic rings. The molecule has 0 aliphatic carbocycles. The molecule has 0 unspecified atom stereocenters. The van der Waals surface area contributed by atoms with Gasteiger partial charge in [0.25, 0.3) is 0 Å². The maximum absolute atomic E-state index is 10.8. The van der Waals surface area contributed by atoms with Crippen molar-refractivity contribution in [2.45, 2.75) is 13.3 Å². The second-order valence-corrected chi connectivity index (χ2v) is 4.88. The second-order valence-electron chi connectivity index (χ2n) is 3.61. The number of hydrogen-bond acceptors (Lipinski definition) is 4. The second kappa shape index (κ2) is 7.82. The molecule has 4 heteroatoms. The van der Waals surface area contributed by atoms with Gasteiger partial charge in [0, 0.05) is 12.7 Å². The van der Waals surface area contributed by atoms with E-state index in [0.29, 0.717) is 0 Å². The molecule has 0 aliphatic heterocycles. The zero-order valence-electron chi connectivity index (χ0n) is 10.9. The Morgan fingerprint density at radius 1 is 1.28 bits per heavy atom. The average Bonchev–Trinajstić information content (AvgIpc) is 2.37. The van der Waals surface area contributed by atoms with Crippen LogP contribution in [0.5, 0.6) is 11.5 Å². The van der Waals surface area contributed by atoms with Crippen molar-refractivity contribution in [3.05, 3.63) is 29.8 Å². The molecule has 0 heterocycles. The van der Waals surface area contributed by atoms with E-state index in [1.165, 1.54) is 11.8 Å². The fourth-order valence-corrected chi connectivity index (χ4v) is 2.06. The lowest BCUT2D eigenvalue weighted by atomic mass is 10.1. The SMILES string of the molecule is COc1cccc(OC)c1C=CCCSC(C)=O. The van der Waals surface area contributed by atoms with Gasteiger partial charge < -0.3 is 9.47 Å². The van der Waals surface area contributed by atoms with Crippen molar-refractivity contribution in [3.8, 4) is 11.5 Å². The van der Waals surface area contributed by atoms with E-state index in [1.54, 1.807) is 21.1 Å². The number of carbonyl (C=O) groups is 1. The van der Waals surface area contributed by atoms with Crippen LogP contribution in [0.15, 0.2) is 24.3 Å². The van der Waals surface area contributed by atoms with Crippen molar-refractivity contribution in [3.63, 3.8) is 0 Å². The normalized spacial score (nSPS) is 10.6. The smallest absolute Gasteiger partial charge is 0.185 e. The van der Waals surface area contributed by atoms with Gasteiger partial charge in [-0.15, -0.1) is 0 Å². The van der Waals surface area contributed by atoms with Gasteiger partial charge in [-0.3, -0.25) is 4.79 Å². The summed E-state index contributed by atoms with van der Waals surface area (Å²) in [6.07, 6.45) is 4.83. The Labute approximate surface area is 112 Å². The number of ether oxygens (including phenoxy) is 2. The van der Waals surface area contributed by atoms with Gasteiger partial charge in [0.05, 0.1) is 19.8 Å². The molecular weight excluding hydrogens is 248 g/mol. The Balaban J connectivity index is 2.70. The lowest BCUT2D eigenvalue weighted by molar-refractivity contribution is -0.109. The molecule has 0 bridgehead atoms. The first-order valence-electron chi connectivity index (χ1n) is 5.70. The summed E-state index contributed by atoms with van der Waals surface area (Å²) in [5.74, 6) is 2.36. The van der Waals surface area contributed by atoms with E-state index < -0.39 is 0 Å². The Morgan fingerprint density at radius 3 is 2.39 bits per heavy atom. The molecule has 0 atom stereocenters. The highest BCUT2D eigenvalue weighted by Gasteiger charge is 2.05. The minimum atomic E-state index is 0.151. The van der Waals surface area contributed by atoms with Gasteiger partial charge in [-0.1, -0.05) is 30.0 Å². The number of hydrogen-bond donors (Lipinski definition) is 0. The van der Waals surface area contributed by atoms with Crippen LogP contribution in [0.3, 0.4) is 0 Å². The quantitative estimate of drug-likeness (QED) is 0.739. The first kappa shape index (κ1) is 14.6. The van der Waals surface area contributed by atoms with Crippen LogP contribution in [0, 0.1) is 0 Å². The average molecular weight is 266 g/mol. The van der Waals surface area contributed by atoms with Crippen LogP contribution in [0.4, 0.5) is 0 Å². The topological polar surface area (TPSA) is 35.5 Å². The van der Waals surface area contributed by atoms with Crippen molar-refractivity contribution >= 4 is 23.0 Å². The number of rotatable bonds is 6. The van der Waals surface area contributed by atoms with Crippen LogP contribution < -0.4 is 9.47 Å². The summed E-state index contributed by atoms with van der Waals surface area (Å²) in [5, 5.41) is 0.151. The summed E-state index contributed by atoms with van der Waals surface area (Å²) >= 11 is 1.33. The molecule has 98 valence electrons. The molecular formula is C14H18O3S. The number of carbonyl (C=O) groups excluding carboxylic acids is 1. The molecule has 0 saturated heterocycles. The fourth-order valence-electron chi connectivity index (χ4n) is 1.52. The number of methoxy groups -OCH3 is 2. The Bertz CT molecular complexity index is 405. The zero-order chi connectivity index (χ0) is 13.4. The zero-order valence-corrected chi connectivity index (χ0v) is 11.8. The van der Waals surface area contributed by atoms with Crippen LogP contribution in [0.25, 0.3) is 6.08 Å². The van der Waals surface area contributed by atoms with Crippen molar-refractivity contribution in [1.29, 1.82) is 0 Å². The van der Waals surface area contributed by atoms with Gasteiger partial charge in [0.2, 0.25) is 0 Å². The number of benzene rings is 1. The maximum atomic E-state index is 10.8. The Kier molecular flexibility index (Phi) is 6.36. The van der Waals surface area contributed by atoms with Gasteiger partial charge in [0.15, 0.2) is 5.12 Å². The van der Waals surface area contributed by atoms with Gasteiger partial charge in [-0.05, 0) is 18.6 Å². The standard InChI is InChI=1S/C14H18O3S/c1-11(15)18-10-5-4-7-12-13(16-2)8-6-9-14(12)17-3/h4,6-9H,5,10H2,1-3H3. The van der Waals surface area contributed by atoms with E-state index in [2.05, 4.69) is 0 Å². The third kappa shape index (κ3) is 4.45. The fraction of sp³-hybridized carbons (Fsp3) is 0.357. The summed E-state index contributed by atoms with van der Waals surface area (Å²) in [4.78, 5) is 10.8. The molecule has 1 aromatic rings. The highest BCUT2D eigenvalue weighted by molar-refractivity contribution is 8.13. The third-order valence-corrected chi connectivity index (χ3v) is 3.19. The van der Waals surface area contributed by atoms with E-state index in [-0.39, 0.29) is 5.12 Å². The largest absolute Gasteiger partial charge is 0.496 e. The molecule has 18 heavy (non-hydrogen) atoms. The van der Waals surface area contributed by atoms with Crippen LogP contribution in [0.1, 0.15) is 18.9 Å². The van der Waals surface area contributed by atoms with E-state index in [0.717, 1.165) is 29.2 Å². The van der Waals surface area contributed by atoms with E-state index in [1.807, 2.05) is 30.4 Å². The van der Waals surface area contributed by atoms with Gasteiger partial charge in [-0.25, -0.2) is 0 Å². The molecule has 0 spiro atoms. The highest BCUT2D eigenvalue weighted by atomic mass is 32.2. The van der Waals surface area contributed by atoms with Crippen LogP contribution in [-0.4, -0.2) is 25.1 Å². The predicted octanol–water partition coefficient (Wildman–Crippen LogP) is 3.39. The summed E-state index contributed by atoms with van der Waals surface area (Å²) in [7, 11) is 3.27. The van der Waals surface area contributed by atoms with Gasteiger partial charge in [-0.2, -0.15) is 0 Å². The highest BCUT2D eigenvalue weighted by Crippen LogP contribution is 2.29. The molecule has 3 nitrogen and oxygen atoms in total. The Hall–Kier alpha value is -1.42. The third-order valence-electron chi connectivity index (χ3n) is 2.34. The molecule has 0 radical (unpaired) electrons.